The summed E-state index contributed by atoms with van der Waals surface area (Å²) in [6.07, 6.45) is 4.01. The van der Waals surface area contributed by atoms with E-state index in [0.717, 1.165) is 6.42 Å². The van der Waals surface area contributed by atoms with E-state index in [1.54, 1.807) is 0 Å². The molecule has 0 atom stereocenters. The van der Waals surface area contributed by atoms with Gasteiger partial charge in [-0.1, -0.05) is 13.8 Å². The lowest BCUT2D eigenvalue weighted by molar-refractivity contribution is -0.123. The molecule has 0 aromatic rings. The summed E-state index contributed by atoms with van der Waals surface area (Å²) in [6, 6.07) is 0. The Balaban J connectivity index is 4.12. The number of hydrogen-bond donors (Lipinski definition) is 4. The average molecular weight is 475 g/mol. The van der Waals surface area contributed by atoms with Gasteiger partial charge >= 0.3 is 0 Å². The maximum atomic E-state index is 11.8. The summed E-state index contributed by atoms with van der Waals surface area (Å²) in [6.45, 7) is 8.45. The van der Waals surface area contributed by atoms with E-state index < -0.39 is 5.41 Å². The molecule has 0 aliphatic rings. The highest BCUT2D eigenvalue weighted by Crippen LogP contribution is 2.19. The zero-order valence-electron chi connectivity index (χ0n) is 20.1. The number of carbonyl (C=O) groups excluding carboxylic acids is 4. The summed E-state index contributed by atoms with van der Waals surface area (Å²) >= 11 is 0. The summed E-state index contributed by atoms with van der Waals surface area (Å²) in [5.74, 6) is -0.205. The Bertz CT molecular complexity index is 497. The molecule has 11 heteroatoms. The van der Waals surface area contributed by atoms with Crippen molar-refractivity contribution in [3.63, 3.8) is 0 Å². The fourth-order valence-electron chi connectivity index (χ4n) is 2.69. The zero-order valence-corrected chi connectivity index (χ0v) is 20.1. The number of nitrogens with one attached hydrogen (secondary N) is 4. The Labute approximate surface area is 197 Å². The highest BCUT2D eigenvalue weighted by atomic mass is 16.5. The predicted molar refractivity (Wildman–Crippen MR) is 123 cm³/mol. The molecule has 192 valence electrons. The van der Waals surface area contributed by atoms with Gasteiger partial charge in [-0.3, -0.25) is 19.2 Å². The first-order chi connectivity index (χ1) is 16.0. The molecule has 0 unspecified atom stereocenters. The fourth-order valence-corrected chi connectivity index (χ4v) is 2.69. The predicted octanol–water partition coefficient (Wildman–Crippen LogP) is -0.263. The molecule has 0 aliphatic carbocycles. The first kappa shape index (κ1) is 30.8. The van der Waals surface area contributed by atoms with Gasteiger partial charge in [0.15, 0.2) is 0 Å². The van der Waals surface area contributed by atoms with Gasteiger partial charge in [0.05, 0.1) is 33.0 Å². The minimum atomic E-state index is -0.400. The third kappa shape index (κ3) is 20.1. The summed E-state index contributed by atoms with van der Waals surface area (Å²) in [4.78, 5) is 44.0. The van der Waals surface area contributed by atoms with E-state index >= 15 is 0 Å². The molecular weight excluding hydrogens is 432 g/mol. The zero-order chi connectivity index (χ0) is 24.6. The van der Waals surface area contributed by atoms with E-state index in [-0.39, 0.29) is 37.9 Å². The summed E-state index contributed by atoms with van der Waals surface area (Å²) in [7, 11) is 0. The molecule has 0 aromatic carbocycles. The van der Waals surface area contributed by atoms with Gasteiger partial charge in [-0.05, 0) is 19.3 Å². The molecule has 0 bridgehead atoms. The van der Waals surface area contributed by atoms with Crippen molar-refractivity contribution < 1.29 is 33.4 Å². The lowest BCUT2D eigenvalue weighted by Gasteiger charge is -2.29. The molecule has 0 aromatic heterocycles. The number of carbonyl (C=O) groups is 4. The average Bonchev–Trinajstić information content (AvgIpc) is 2.80. The van der Waals surface area contributed by atoms with E-state index in [0.29, 0.717) is 78.3 Å². The lowest BCUT2D eigenvalue weighted by atomic mass is 9.94. The maximum Gasteiger partial charge on any atom is 0.222 e. The highest BCUT2D eigenvalue weighted by molar-refractivity contribution is 5.76. The Morgan fingerprint density at radius 3 is 1.55 bits per heavy atom. The van der Waals surface area contributed by atoms with Crippen LogP contribution in [0, 0.1) is 5.41 Å². The van der Waals surface area contributed by atoms with E-state index in [9.17, 15) is 19.2 Å². The van der Waals surface area contributed by atoms with E-state index in [2.05, 4.69) is 21.3 Å². The molecular formula is C22H42N4O7. The Morgan fingerprint density at radius 2 is 1.15 bits per heavy atom. The van der Waals surface area contributed by atoms with Gasteiger partial charge in [-0.25, -0.2) is 0 Å². The molecule has 0 aliphatic heterocycles. The largest absolute Gasteiger partial charge is 0.381 e. The molecule has 4 amide bonds. The van der Waals surface area contributed by atoms with Crippen LogP contribution in [0.5, 0.6) is 0 Å². The maximum absolute atomic E-state index is 11.8. The van der Waals surface area contributed by atoms with Gasteiger partial charge in [-0.2, -0.15) is 0 Å². The van der Waals surface area contributed by atoms with Crippen LogP contribution in [0.2, 0.25) is 0 Å². The molecule has 4 N–H and O–H groups in total. The van der Waals surface area contributed by atoms with Crippen LogP contribution < -0.4 is 21.3 Å². The van der Waals surface area contributed by atoms with Crippen molar-refractivity contribution in [2.24, 2.45) is 5.41 Å². The van der Waals surface area contributed by atoms with Gasteiger partial charge in [0.1, 0.15) is 0 Å². The van der Waals surface area contributed by atoms with Crippen molar-refractivity contribution in [3.8, 4) is 0 Å². The minimum absolute atomic E-state index is 0.103. The quantitative estimate of drug-likeness (QED) is 0.111. The number of amides is 4. The van der Waals surface area contributed by atoms with Crippen LogP contribution in [0.15, 0.2) is 0 Å². The second-order valence-corrected chi connectivity index (χ2v) is 8.02. The molecule has 33 heavy (non-hydrogen) atoms. The van der Waals surface area contributed by atoms with Crippen molar-refractivity contribution in [2.45, 2.75) is 46.0 Å². The molecule has 11 nitrogen and oxygen atoms in total. The van der Waals surface area contributed by atoms with Gasteiger partial charge in [0.25, 0.3) is 0 Å². The number of rotatable bonds is 24. The SMILES string of the molecule is CCCOCC(C)(COCCC(=O)NCCCNC=O)COCCC(=O)NCCCNC=O. The molecule has 0 saturated heterocycles. The third-order valence-electron chi connectivity index (χ3n) is 4.45. The lowest BCUT2D eigenvalue weighted by Crippen LogP contribution is -2.36. The van der Waals surface area contributed by atoms with Crippen LogP contribution >= 0.6 is 0 Å². The molecule has 0 radical (unpaired) electrons. The Morgan fingerprint density at radius 1 is 0.727 bits per heavy atom. The Hall–Kier alpha value is -2.24. The fraction of sp³-hybridized carbons (Fsp3) is 0.818. The van der Waals surface area contributed by atoms with Gasteiger partial charge in [0, 0.05) is 51.0 Å². The van der Waals surface area contributed by atoms with E-state index in [4.69, 9.17) is 14.2 Å². The molecule has 0 saturated carbocycles. The molecule has 0 fully saturated rings. The number of hydrogen-bond acceptors (Lipinski definition) is 7. The van der Waals surface area contributed by atoms with Crippen LogP contribution in [0.4, 0.5) is 0 Å². The van der Waals surface area contributed by atoms with Crippen molar-refractivity contribution in [1.82, 2.24) is 21.3 Å². The third-order valence-corrected chi connectivity index (χ3v) is 4.45. The topological polar surface area (TPSA) is 144 Å². The van der Waals surface area contributed by atoms with Crippen LogP contribution in [0.1, 0.15) is 46.0 Å². The van der Waals surface area contributed by atoms with Gasteiger partial charge < -0.3 is 35.5 Å². The molecule has 0 rings (SSSR count). The smallest absolute Gasteiger partial charge is 0.222 e. The normalized spacial score (nSPS) is 11.0. The van der Waals surface area contributed by atoms with Crippen LogP contribution in [0.25, 0.3) is 0 Å². The second kappa shape index (κ2) is 21.6. The number of ether oxygens (including phenoxy) is 3. The molecule has 0 heterocycles. The second-order valence-electron chi connectivity index (χ2n) is 8.02. The van der Waals surface area contributed by atoms with Crippen LogP contribution in [-0.2, 0) is 33.4 Å². The van der Waals surface area contributed by atoms with E-state index in [1.807, 2.05) is 13.8 Å². The highest BCUT2D eigenvalue weighted by Gasteiger charge is 2.26. The van der Waals surface area contributed by atoms with Gasteiger partial charge in [0.2, 0.25) is 24.6 Å². The minimum Gasteiger partial charge on any atom is -0.381 e. The first-order valence-electron chi connectivity index (χ1n) is 11.6. The summed E-state index contributed by atoms with van der Waals surface area (Å²) < 4.78 is 17.1. The Kier molecular flexibility index (Phi) is 20.1. The monoisotopic (exact) mass is 474 g/mol. The van der Waals surface area contributed by atoms with Crippen molar-refractivity contribution in [1.29, 1.82) is 0 Å². The standard InChI is InChI=1S/C22H42N4O7/c1-3-12-31-15-22(2,16-32-13-6-20(29)25-10-4-8-23-18-27)17-33-14-7-21(30)26-11-5-9-24-19-28/h18-19H,3-17H2,1-2H3,(H,23,27)(H,24,28)(H,25,29)(H,26,30). The van der Waals surface area contributed by atoms with Crippen molar-refractivity contribution in [2.75, 3.05) is 65.8 Å². The van der Waals surface area contributed by atoms with Crippen LogP contribution in [-0.4, -0.2) is 90.5 Å². The van der Waals surface area contributed by atoms with E-state index in [1.165, 1.54) is 0 Å². The summed E-state index contributed by atoms with van der Waals surface area (Å²) in [5.41, 5.74) is -0.400. The first-order valence-corrected chi connectivity index (χ1v) is 11.6. The van der Waals surface area contributed by atoms with Crippen molar-refractivity contribution in [3.05, 3.63) is 0 Å². The molecule has 0 spiro atoms. The summed E-state index contributed by atoms with van der Waals surface area (Å²) in [5, 5.41) is 10.6. The van der Waals surface area contributed by atoms with Crippen molar-refractivity contribution >= 4 is 24.6 Å². The van der Waals surface area contributed by atoms with Gasteiger partial charge in [-0.15, -0.1) is 0 Å². The van der Waals surface area contributed by atoms with Crippen LogP contribution in [0.3, 0.4) is 0 Å².